The summed E-state index contributed by atoms with van der Waals surface area (Å²) in [6.45, 7) is -1.38. The minimum Gasteiger partial charge on any atom is -0.387 e. The molecule has 3 aliphatic heterocycles. The van der Waals surface area contributed by atoms with Crippen LogP contribution in [0.4, 0.5) is 11.6 Å². The normalized spacial score (nSPS) is 32.7. The summed E-state index contributed by atoms with van der Waals surface area (Å²) in [7, 11) is -10.1. The van der Waals surface area contributed by atoms with Crippen molar-refractivity contribution in [3.63, 3.8) is 0 Å². The molecule has 0 radical (unpaired) electrons. The molecule has 22 nitrogen and oxygen atoms in total. The number of fused-ring (bicyclic) bond motifs is 1. The third-order valence-corrected chi connectivity index (χ3v) is 10.2. The average Bonchev–Trinajstić information content (AvgIpc) is 3.79. The van der Waals surface area contributed by atoms with Crippen molar-refractivity contribution in [3.8, 4) is 0 Å². The Kier molecular flexibility index (Phi) is 9.50. The zero-order valence-corrected chi connectivity index (χ0v) is 26.0. The number of hydrogen-bond donors (Lipinski definition) is 7. The average molecular weight is 706 g/mol. The molecule has 6 rings (SSSR count). The number of hydrogen-bond acceptors (Lipinski definition) is 17. The number of nitrogens with zero attached hydrogens (tertiary/aromatic N) is 6. The molecule has 0 aliphatic carbocycles. The van der Waals surface area contributed by atoms with Crippen LogP contribution in [0.3, 0.4) is 0 Å². The number of imidazole rings is 1. The van der Waals surface area contributed by atoms with Gasteiger partial charge in [0.15, 0.2) is 30.2 Å². The fourth-order valence-corrected chi connectivity index (χ4v) is 7.70. The summed E-state index contributed by atoms with van der Waals surface area (Å²) in [6.07, 6.45) is -6.71. The van der Waals surface area contributed by atoms with Crippen LogP contribution in [0.2, 0.25) is 0 Å². The van der Waals surface area contributed by atoms with E-state index < -0.39 is 89.2 Å². The zero-order chi connectivity index (χ0) is 33.7. The predicted molar refractivity (Wildman–Crippen MR) is 154 cm³/mol. The highest BCUT2D eigenvalue weighted by Crippen LogP contribution is 2.58. The third-order valence-electron chi connectivity index (χ3n) is 7.84. The van der Waals surface area contributed by atoms with E-state index in [2.05, 4.69) is 24.5 Å². The lowest BCUT2D eigenvalue weighted by Gasteiger charge is -2.30. The number of phosphoric ester groups is 1. The zero-order valence-electron chi connectivity index (χ0n) is 24.2. The van der Waals surface area contributed by atoms with E-state index in [0.29, 0.717) is 19.4 Å². The van der Waals surface area contributed by atoms with Crippen LogP contribution in [-0.4, -0.2) is 116 Å². The molecule has 47 heavy (non-hydrogen) atoms. The van der Waals surface area contributed by atoms with Crippen molar-refractivity contribution in [2.75, 3.05) is 31.3 Å². The Balaban J connectivity index is 1.27. The smallest absolute Gasteiger partial charge is 0.387 e. The van der Waals surface area contributed by atoms with E-state index in [9.17, 15) is 38.8 Å². The molecule has 3 aromatic rings. The van der Waals surface area contributed by atoms with E-state index >= 15 is 0 Å². The predicted octanol–water partition coefficient (Wildman–Crippen LogP) is -2.03. The first-order chi connectivity index (χ1) is 22.2. The molecular formula is C23H32N8O14P2. The minimum atomic E-state index is -5.11. The van der Waals surface area contributed by atoms with Crippen molar-refractivity contribution >= 4 is 38.2 Å². The lowest BCUT2D eigenvalue weighted by molar-refractivity contribution is -0.170. The van der Waals surface area contributed by atoms with Crippen LogP contribution < -0.4 is 17.2 Å². The lowest BCUT2D eigenvalue weighted by atomic mass is 10.1. The molecule has 0 saturated carbocycles. The monoisotopic (exact) mass is 706 g/mol. The minimum absolute atomic E-state index is 0.0639. The fraction of sp³-hybridized carbons (Fsp3) is 0.609. The molecule has 10 atom stereocenters. The second-order valence-electron chi connectivity index (χ2n) is 10.9. The van der Waals surface area contributed by atoms with Crippen LogP contribution >= 0.6 is 15.4 Å². The summed E-state index contributed by atoms with van der Waals surface area (Å²) >= 11 is 0. The highest BCUT2D eigenvalue weighted by atomic mass is 31.2. The Morgan fingerprint density at radius 3 is 2.43 bits per heavy atom. The first-order valence-electron chi connectivity index (χ1n) is 14.1. The Labute approximate surface area is 263 Å². The van der Waals surface area contributed by atoms with E-state index in [0.717, 1.165) is 4.57 Å². The quantitative estimate of drug-likeness (QED) is 0.106. The van der Waals surface area contributed by atoms with Gasteiger partial charge >= 0.3 is 21.1 Å². The Morgan fingerprint density at radius 2 is 1.72 bits per heavy atom. The maximum Gasteiger partial charge on any atom is 0.469 e. The van der Waals surface area contributed by atoms with Gasteiger partial charge in [0.2, 0.25) is 0 Å². The lowest BCUT2D eigenvalue weighted by Crippen LogP contribution is -2.41. The molecule has 6 heterocycles. The Bertz CT molecular complexity index is 1750. The van der Waals surface area contributed by atoms with Crippen molar-refractivity contribution in [2.45, 2.75) is 67.8 Å². The number of rotatable bonds is 11. The maximum absolute atomic E-state index is 14.0. The summed E-state index contributed by atoms with van der Waals surface area (Å²) in [4.78, 5) is 58.6. The summed E-state index contributed by atoms with van der Waals surface area (Å²) in [6, 6.07) is 1.27. The number of nitrogens with two attached hydrogens (primary N) is 2. The van der Waals surface area contributed by atoms with Crippen molar-refractivity contribution in [1.29, 1.82) is 0 Å². The number of aliphatic hydroxyl groups is 2. The van der Waals surface area contributed by atoms with E-state index in [4.69, 9.17) is 34.9 Å². The third kappa shape index (κ3) is 6.97. The summed E-state index contributed by atoms with van der Waals surface area (Å²) in [5.41, 5.74) is 9.18. The second-order valence-corrected chi connectivity index (χ2v) is 14.1. The number of nitrogen functional groups attached to an aromatic ring is 2. The molecular weight excluding hydrogens is 674 g/mol. The summed E-state index contributed by atoms with van der Waals surface area (Å²) in [5, 5.41) is 21.6. The molecule has 3 saturated heterocycles. The van der Waals surface area contributed by atoms with E-state index in [1.165, 1.54) is 29.5 Å². The van der Waals surface area contributed by atoms with Gasteiger partial charge in [-0.25, -0.2) is 24.3 Å². The van der Waals surface area contributed by atoms with E-state index in [1.807, 2.05) is 0 Å². The van der Waals surface area contributed by atoms with Gasteiger partial charge in [-0.3, -0.25) is 18.2 Å². The van der Waals surface area contributed by atoms with Crippen LogP contribution in [-0.2, 0) is 37.1 Å². The van der Waals surface area contributed by atoms with Gasteiger partial charge < -0.3 is 59.8 Å². The maximum atomic E-state index is 14.0. The number of phosphoric acid groups is 1. The van der Waals surface area contributed by atoms with Crippen molar-refractivity contribution < 1.29 is 62.0 Å². The molecule has 3 aliphatic rings. The number of ether oxygens (including phenoxy) is 4. The van der Waals surface area contributed by atoms with Crippen LogP contribution in [0, 0.1) is 0 Å². The van der Waals surface area contributed by atoms with Gasteiger partial charge in [0.25, 0.3) is 0 Å². The van der Waals surface area contributed by atoms with Crippen LogP contribution in [0.15, 0.2) is 29.7 Å². The van der Waals surface area contributed by atoms with Crippen molar-refractivity contribution in [3.05, 3.63) is 35.4 Å². The van der Waals surface area contributed by atoms with Gasteiger partial charge in [0, 0.05) is 19.2 Å². The molecule has 3 aromatic heterocycles. The molecule has 9 N–H and O–H groups in total. The first kappa shape index (κ1) is 33.9. The molecule has 0 amide bonds. The fourth-order valence-electron chi connectivity index (χ4n) is 5.66. The Morgan fingerprint density at radius 1 is 0.979 bits per heavy atom. The standard InChI is InChI=1S/C23H32N8O14P2/c24-12-3-4-30(23(34)29-12)22-17(45-13-2-1-5-40-13)18(11(44-22)7-42-47(37,38)39)46(35,36)41-6-10-15(32)16(33)21(43-10)31-9-28-14-19(25)26-8-27-20(14)31/h3-4,8-11,13,15-18,21-22,32-33H,1-2,5-7H2,(H,35,36)(H2,24,29,34)(H2,25,26,27)(H2,37,38,39)/t10?,11-,13?,15-,16-,17-,18-,21-,22-/m1/s1. The van der Waals surface area contributed by atoms with E-state index in [1.54, 1.807) is 0 Å². The summed E-state index contributed by atoms with van der Waals surface area (Å²) in [5.74, 6) is -0.0563. The highest BCUT2D eigenvalue weighted by Gasteiger charge is 2.58. The van der Waals surface area contributed by atoms with Crippen LogP contribution in [0.1, 0.15) is 25.3 Å². The summed E-state index contributed by atoms with van der Waals surface area (Å²) < 4.78 is 61.1. The van der Waals surface area contributed by atoms with Crippen molar-refractivity contribution in [1.82, 2.24) is 29.1 Å². The molecule has 0 aromatic carbocycles. The van der Waals surface area contributed by atoms with Gasteiger partial charge in [-0.2, -0.15) is 4.98 Å². The Hall–Kier alpha value is -2.95. The van der Waals surface area contributed by atoms with Crippen LogP contribution in [0.5, 0.6) is 0 Å². The van der Waals surface area contributed by atoms with Crippen molar-refractivity contribution in [2.24, 2.45) is 0 Å². The molecule has 0 spiro atoms. The second kappa shape index (κ2) is 13.2. The molecule has 3 unspecified atom stereocenters. The van der Waals surface area contributed by atoms with Gasteiger partial charge in [0.05, 0.1) is 19.5 Å². The number of aromatic nitrogens is 6. The molecule has 0 bridgehead atoms. The van der Waals surface area contributed by atoms with Gasteiger partial charge in [-0.05, 0) is 12.5 Å². The van der Waals surface area contributed by atoms with E-state index in [-0.39, 0.29) is 22.8 Å². The first-order valence-corrected chi connectivity index (χ1v) is 17.3. The molecule has 24 heteroatoms. The van der Waals surface area contributed by atoms with Crippen LogP contribution in [0.25, 0.3) is 11.2 Å². The van der Waals surface area contributed by atoms with Gasteiger partial charge in [0.1, 0.15) is 53.8 Å². The topological polar surface area (TPSA) is 321 Å². The SMILES string of the molecule is Nc1ccn([C@@H]2O[C@H](COP(=O)(O)O)[C@@H](P(=O)(O)OCC3O[C@@H](n4cnc5c(N)ncnc54)[C@H](O)[C@@H]3O)[C@H]2OC2CCCO2)c(=O)n1. The molecule has 3 fully saturated rings. The molecule has 258 valence electrons. The number of anilines is 2. The van der Waals surface area contributed by atoms with Gasteiger partial charge in [-0.1, -0.05) is 0 Å². The highest BCUT2D eigenvalue weighted by molar-refractivity contribution is 7.53. The largest absolute Gasteiger partial charge is 0.469 e. The van der Waals surface area contributed by atoms with Gasteiger partial charge in [-0.15, -0.1) is 0 Å². The number of aliphatic hydroxyl groups excluding tert-OH is 2.